The van der Waals surface area contributed by atoms with Gasteiger partial charge in [-0.1, -0.05) is 302 Å². The Labute approximate surface area is 431 Å². The second kappa shape index (κ2) is 59.2. The van der Waals surface area contributed by atoms with Crippen LogP contribution in [0.15, 0.2) is 12.2 Å². The summed E-state index contributed by atoms with van der Waals surface area (Å²) < 4.78 is 5.48. The number of unbranched alkanes of at least 4 members (excludes halogenated alkanes) is 46. The van der Waals surface area contributed by atoms with E-state index in [0.717, 1.165) is 44.9 Å². The van der Waals surface area contributed by atoms with Crippen LogP contribution in [0.3, 0.4) is 0 Å². The number of allylic oxidation sites excluding steroid dienone is 2. The van der Waals surface area contributed by atoms with Crippen molar-refractivity contribution >= 4 is 11.9 Å². The topological polar surface area (TPSA) is 95.9 Å². The van der Waals surface area contributed by atoms with Gasteiger partial charge in [-0.05, 0) is 51.4 Å². The highest BCUT2D eigenvalue weighted by Gasteiger charge is 2.20. The van der Waals surface area contributed by atoms with E-state index >= 15 is 0 Å². The predicted molar refractivity (Wildman–Crippen MR) is 301 cm³/mol. The Morgan fingerprint density at radius 1 is 0.391 bits per heavy atom. The van der Waals surface area contributed by atoms with E-state index in [0.29, 0.717) is 25.9 Å². The molecule has 2 unspecified atom stereocenters. The zero-order valence-corrected chi connectivity index (χ0v) is 46.8. The fourth-order valence-electron chi connectivity index (χ4n) is 9.99. The maximum absolute atomic E-state index is 12.5. The molecule has 0 aliphatic heterocycles. The van der Waals surface area contributed by atoms with Crippen LogP contribution in [0.5, 0.6) is 0 Å². The highest BCUT2D eigenvalue weighted by atomic mass is 16.5. The van der Waals surface area contributed by atoms with E-state index in [1.165, 1.54) is 276 Å². The summed E-state index contributed by atoms with van der Waals surface area (Å²) in [6.07, 6.45) is 70.7. The molecule has 6 heteroatoms. The first-order chi connectivity index (χ1) is 34.0. The number of nitrogens with one attached hydrogen (secondary N) is 1. The lowest BCUT2D eigenvalue weighted by Crippen LogP contribution is -2.45. The van der Waals surface area contributed by atoms with Crippen LogP contribution in [-0.4, -0.2) is 47.4 Å². The fourth-order valence-corrected chi connectivity index (χ4v) is 9.99. The Morgan fingerprint density at radius 3 is 1.03 bits per heavy atom. The number of hydrogen-bond acceptors (Lipinski definition) is 5. The van der Waals surface area contributed by atoms with Crippen molar-refractivity contribution in [1.82, 2.24) is 5.32 Å². The number of aliphatic hydroxyl groups is 2. The number of carbonyl (C=O) groups excluding carboxylic acids is 2. The molecule has 0 saturated heterocycles. The van der Waals surface area contributed by atoms with Crippen molar-refractivity contribution in [3.05, 3.63) is 12.2 Å². The molecule has 0 aromatic rings. The first kappa shape index (κ1) is 67.6. The molecule has 0 aliphatic carbocycles. The van der Waals surface area contributed by atoms with E-state index in [9.17, 15) is 19.8 Å². The van der Waals surface area contributed by atoms with Crippen molar-refractivity contribution in [2.75, 3.05) is 13.2 Å². The van der Waals surface area contributed by atoms with Gasteiger partial charge < -0.3 is 20.3 Å². The predicted octanol–water partition coefficient (Wildman–Crippen LogP) is 19.6. The molecule has 3 N–H and O–H groups in total. The van der Waals surface area contributed by atoms with Gasteiger partial charge in [-0.25, -0.2) is 0 Å². The standard InChI is InChI=1S/C63H123NO5/c1-3-5-7-9-11-13-15-17-19-25-28-31-35-39-43-47-51-55-61(66)60(59-65)64-62(67)56-52-48-44-40-36-32-29-26-23-21-20-22-24-27-30-34-38-42-46-50-54-58-69-63(68)57-53-49-45-41-37-33-18-16-14-12-10-8-6-4-2/h16,18,60-61,65-66H,3-15,17,19-59H2,1-2H3,(H,64,67)/b18-16-. The van der Waals surface area contributed by atoms with E-state index in [4.69, 9.17) is 4.74 Å². The van der Waals surface area contributed by atoms with Crippen LogP contribution in [0.2, 0.25) is 0 Å². The average molecular weight is 975 g/mol. The molecule has 0 bridgehead atoms. The SMILES string of the molecule is CCCCCCC/C=C\CCCCCCCC(=O)OCCCCCCCCCCCCCCCCCCCCCCCC(=O)NC(CO)C(O)CCCCCCCCCCCCCCCCCCC. The quantitative estimate of drug-likeness (QED) is 0.0321. The molecule has 1 amide bonds. The molecule has 410 valence electrons. The highest BCUT2D eigenvalue weighted by Crippen LogP contribution is 2.18. The summed E-state index contributed by atoms with van der Waals surface area (Å²) in [5, 5.41) is 23.3. The maximum atomic E-state index is 12.5. The van der Waals surface area contributed by atoms with Crippen molar-refractivity contribution in [3.63, 3.8) is 0 Å². The third kappa shape index (κ3) is 55.8. The summed E-state index contributed by atoms with van der Waals surface area (Å²) in [5.41, 5.74) is 0. The van der Waals surface area contributed by atoms with Gasteiger partial charge >= 0.3 is 5.97 Å². The van der Waals surface area contributed by atoms with Crippen LogP contribution < -0.4 is 5.32 Å². The molecule has 0 fully saturated rings. The molecule has 6 nitrogen and oxygen atoms in total. The first-order valence-electron chi connectivity index (χ1n) is 31.4. The Kier molecular flexibility index (Phi) is 58.0. The zero-order valence-electron chi connectivity index (χ0n) is 46.8. The molecule has 0 aromatic carbocycles. The van der Waals surface area contributed by atoms with Gasteiger partial charge in [-0.3, -0.25) is 9.59 Å². The third-order valence-electron chi connectivity index (χ3n) is 14.8. The normalized spacial score (nSPS) is 12.6. The summed E-state index contributed by atoms with van der Waals surface area (Å²) in [6, 6.07) is -0.542. The molecule has 0 spiro atoms. The van der Waals surface area contributed by atoms with Gasteiger partial charge in [0.25, 0.3) is 0 Å². The van der Waals surface area contributed by atoms with Crippen molar-refractivity contribution in [2.45, 2.75) is 366 Å². The molecular formula is C63H123NO5. The molecule has 0 radical (unpaired) electrons. The van der Waals surface area contributed by atoms with Crippen molar-refractivity contribution in [3.8, 4) is 0 Å². The molecule has 2 atom stereocenters. The van der Waals surface area contributed by atoms with E-state index in [1.54, 1.807) is 0 Å². The van der Waals surface area contributed by atoms with Gasteiger partial charge in [-0.2, -0.15) is 0 Å². The lowest BCUT2D eigenvalue weighted by molar-refractivity contribution is -0.143. The van der Waals surface area contributed by atoms with E-state index in [-0.39, 0.29) is 18.5 Å². The second-order valence-electron chi connectivity index (χ2n) is 21.7. The van der Waals surface area contributed by atoms with E-state index < -0.39 is 12.1 Å². The van der Waals surface area contributed by atoms with Crippen LogP contribution in [0.1, 0.15) is 354 Å². The molecule has 0 aromatic heterocycles. The number of carbonyl (C=O) groups is 2. The maximum Gasteiger partial charge on any atom is 0.305 e. The van der Waals surface area contributed by atoms with Crippen LogP contribution in [0.4, 0.5) is 0 Å². The first-order valence-corrected chi connectivity index (χ1v) is 31.4. The Bertz CT molecular complexity index is 1030. The number of ether oxygens (including phenoxy) is 1. The van der Waals surface area contributed by atoms with Crippen LogP contribution in [0.25, 0.3) is 0 Å². The summed E-state index contributed by atoms with van der Waals surface area (Å²) in [6.45, 7) is 4.97. The minimum Gasteiger partial charge on any atom is -0.466 e. The van der Waals surface area contributed by atoms with Crippen LogP contribution in [-0.2, 0) is 14.3 Å². The lowest BCUT2D eigenvalue weighted by atomic mass is 10.0. The second-order valence-corrected chi connectivity index (χ2v) is 21.7. The highest BCUT2D eigenvalue weighted by molar-refractivity contribution is 5.76. The average Bonchev–Trinajstić information content (AvgIpc) is 3.35. The summed E-state index contributed by atoms with van der Waals surface area (Å²) in [7, 11) is 0. The molecule has 69 heavy (non-hydrogen) atoms. The third-order valence-corrected chi connectivity index (χ3v) is 14.8. The van der Waals surface area contributed by atoms with E-state index in [2.05, 4.69) is 31.3 Å². The van der Waals surface area contributed by atoms with Crippen molar-refractivity contribution in [1.29, 1.82) is 0 Å². The lowest BCUT2D eigenvalue weighted by Gasteiger charge is -2.22. The minimum atomic E-state index is -0.664. The summed E-state index contributed by atoms with van der Waals surface area (Å²) in [4.78, 5) is 24.5. The van der Waals surface area contributed by atoms with Crippen LogP contribution >= 0.6 is 0 Å². The number of amides is 1. The largest absolute Gasteiger partial charge is 0.466 e. The van der Waals surface area contributed by atoms with Crippen LogP contribution in [0, 0.1) is 0 Å². The number of aliphatic hydroxyl groups excluding tert-OH is 2. The minimum absolute atomic E-state index is 0.00428. The van der Waals surface area contributed by atoms with Crippen molar-refractivity contribution < 1.29 is 24.5 Å². The Hall–Kier alpha value is -1.40. The molecule has 0 aliphatic rings. The molecule has 0 saturated carbocycles. The molecule has 0 heterocycles. The Morgan fingerprint density at radius 2 is 0.681 bits per heavy atom. The number of hydrogen-bond donors (Lipinski definition) is 3. The monoisotopic (exact) mass is 974 g/mol. The van der Waals surface area contributed by atoms with Gasteiger partial charge in [0, 0.05) is 12.8 Å². The number of rotatable bonds is 59. The van der Waals surface area contributed by atoms with E-state index in [1.807, 2.05) is 0 Å². The zero-order chi connectivity index (χ0) is 50.0. The summed E-state index contributed by atoms with van der Waals surface area (Å²) in [5.74, 6) is -0.0286. The van der Waals surface area contributed by atoms with Gasteiger partial charge in [0.05, 0.1) is 25.4 Å². The number of esters is 1. The van der Waals surface area contributed by atoms with Gasteiger partial charge in [0.1, 0.15) is 0 Å². The molecular weight excluding hydrogens is 851 g/mol. The van der Waals surface area contributed by atoms with Crippen molar-refractivity contribution in [2.24, 2.45) is 0 Å². The van der Waals surface area contributed by atoms with Gasteiger partial charge in [0.2, 0.25) is 5.91 Å². The summed E-state index contributed by atoms with van der Waals surface area (Å²) >= 11 is 0. The smallest absolute Gasteiger partial charge is 0.305 e. The molecule has 0 rings (SSSR count). The Balaban J connectivity index is 3.38. The van der Waals surface area contributed by atoms with Gasteiger partial charge in [-0.15, -0.1) is 0 Å². The van der Waals surface area contributed by atoms with Gasteiger partial charge in [0.15, 0.2) is 0 Å². The fraction of sp³-hybridized carbons (Fsp3) is 0.937.